The van der Waals surface area contributed by atoms with Crippen LogP contribution in [-0.4, -0.2) is 0 Å². The molecule has 0 amide bonds. The molecule has 0 bridgehead atoms. The minimum atomic E-state index is 0.624. The Bertz CT molecular complexity index is 1440. The lowest BCUT2D eigenvalue weighted by atomic mass is 9.81. The van der Waals surface area contributed by atoms with E-state index in [1.54, 1.807) is 0 Å². The molecule has 0 radical (unpaired) electrons. The highest BCUT2D eigenvalue weighted by molar-refractivity contribution is 6.12. The van der Waals surface area contributed by atoms with Crippen LogP contribution in [0.5, 0.6) is 0 Å². The molecule has 0 saturated carbocycles. The van der Waals surface area contributed by atoms with Gasteiger partial charge in [-0.1, -0.05) is 105 Å². The zero-order chi connectivity index (χ0) is 22.7. The molecule has 0 atom stereocenters. The van der Waals surface area contributed by atoms with E-state index in [2.05, 4.69) is 50.6 Å². The summed E-state index contributed by atoms with van der Waals surface area (Å²) in [6, 6.07) is 24.5. The predicted octanol–water partition coefficient (Wildman–Crippen LogP) is 8.62. The van der Waals surface area contributed by atoms with Crippen molar-refractivity contribution in [1.82, 2.24) is 0 Å². The minimum absolute atomic E-state index is 0.624. The molecule has 0 heterocycles. The molecule has 0 aliphatic carbocycles. The first-order chi connectivity index (χ1) is 15.7. The first kappa shape index (κ1) is 20.8. The van der Waals surface area contributed by atoms with Gasteiger partial charge in [0.1, 0.15) is 0 Å². The number of hydrogen-bond acceptors (Lipinski definition) is 1. The summed E-state index contributed by atoms with van der Waals surface area (Å²) < 4.78 is 0. The molecule has 1 heteroatoms. The van der Waals surface area contributed by atoms with E-state index in [1.165, 1.54) is 0 Å². The SMILES string of the molecule is C=Cc1cccc(-c2c(C=C)c(C=C)c(-c3cccc(C#N)c3)c3ccccc23)c1C=C. The zero-order valence-corrected chi connectivity index (χ0v) is 17.9. The van der Waals surface area contributed by atoms with Crippen molar-refractivity contribution >= 4 is 35.1 Å². The predicted molar refractivity (Wildman–Crippen MR) is 140 cm³/mol. The Morgan fingerprint density at radius 2 is 1.25 bits per heavy atom. The fourth-order valence-electron chi connectivity index (χ4n) is 4.45. The Kier molecular flexibility index (Phi) is 5.71. The largest absolute Gasteiger partial charge is 0.192 e. The summed E-state index contributed by atoms with van der Waals surface area (Å²) in [5, 5.41) is 11.6. The topological polar surface area (TPSA) is 23.8 Å². The van der Waals surface area contributed by atoms with Crippen LogP contribution in [0.4, 0.5) is 0 Å². The lowest BCUT2D eigenvalue weighted by Gasteiger charge is -2.21. The molecule has 152 valence electrons. The van der Waals surface area contributed by atoms with Gasteiger partial charge in [-0.05, 0) is 67.4 Å². The average Bonchev–Trinajstić information content (AvgIpc) is 2.86. The van der Waals surface area contributed by atoms with Gasteiger partial charge in [0.2, 0.25) is 0 Å². The molecule has 0 fully saturated rings. The summed E-state index contributed by atoms with van der Waals surface area (Å²) in [5.74, 6) is 0. The van der Waals surface area contributed by atoms with E-state index in [0.29, 0.717) is 5.56 Å². The van der Waals surface area contributed by atoms with Crippen molar-refractivity contribution in [3.05, 3.63) is 121 Å². The van der Waals surface area contributed by atoms with E-state index in [0.717, 1.165) is 55.3 Å². The molecule has 0 aliphatic heterocycles. The highest BCUT2D eigenvalue weighted by Gasteiger charge is 2.20. The van der Waals surface area contributed by atoms with Crippen molar-refractivity contribution < 1.29 is 0 Å². The second kappa shape index (κ2) is 8.76. The third-order valence-electron chi connectivity index (χ3n) is 5.82. The summed E-state index contributed by atoms with van der Waals surface area (Å²) in [6.07, 6.45) is 7.51. The van der Waals surface area contributed by atoms with E-state index in [9.17, 15) is 5.26 Å². The van der Waals surface area contributed by atoms with Crippen molar-refractivity contribution in [1.29, 1.82) is 5.26 Å². The number of nitriles is 1. The second-order valence-corrected chi connectivity index (χ2v) is 7.44. The van der Waals surface area contributed by atoms with Crippen LogP contribution >= 0.6 is 0 Å². The lowest BCUT2D eigenvalue weighted by Crippen LogP contribution is -1.98. The molecule has 4 aromatic rings. The molecular formula is C31H23N. The minimum Gasteiger partial charge on any atom is -0.192 e. The first-order valence-corrected chi connectivity index (χ1v) is 10.4. The van der Waals surface area contributed by atoms with Gasteiger partial charge in [0, 0.05) is 0 Å². The lowest BCUT2D eigenvalue weighted by molar-refractivity contribution is 1.48. The highest BCUT2D eigenvalue weighted by atomic mass is 14.3. The van der Waals surface area contributed by atoms with Crippen molar-refractivity contribution in [3.8, 4) is 28.3 Å². The zero-order valence-electron chi connectivity index (χ0n) is 17.9. The van der Waals surface area contributed by atoms with Gasteiger partial charge in [0.25, 0.3) is 0 Å². The van der Waals surface area contributed by atoms with Gasteiger partial charge in [-0.3, -0.25) is 0 Å². The fourth-order valence-corrected chi connectivity index (χ4v) is 4.45. The van der Waals surface area contributed by atoms with E-state index in [1.807, 2.05) is 72.8 Å². The fraction of sp³-hybridized carbons (Fsp3) is 0. The van der Waals surface area contributed by atoms with E-state index in [4.69, 9.17) is 0 Å². The molecule has 32 heavy (non-hydrogen) atoms. The Morgan fingerprint density at radius 1 is 0.625 bits per heavy atom. The first-order valence-electron chi connectivity index (χ1n) is 10.4. The van der Waals surface area contributed by atoms with Crippen LogP contribution in [0.25, 0.3) is 57.3 Å². The van der Waals surface area contributed by atoms with E-state index in [-0.39, 0.29) is 0 Å². The van der Waals surface area contributed by atoms with Crippen molar-refractivity contribution in [3.63, 3.8) is 0 Å². The molecule has 4 aromatic carbocycles. The molecule has 0 unspecified atom stereocenters. The Labute approximate surface area is 189 Å². The van der Waals surface area contributed by atoms with Crippen LogP contribution < -0.4 is 0 Å². The molecule has 0 spiro atoms. The van der Waals surface area contributed by atoms with Crippen LogP contribution in [0, 0.1) is 11.3 Å². The Balaban J connectivity index is 2.24. The van der Waals surface area contributed by atoms with Crippen LogP contribution in [0.3, 0.4) is 0 Å². The molecule has 0 aromatic heterocycles. The van der Waals surface area contributed by atoms with Crippen molar-refractivity contribution in [2.75, 3.05) is 0 Å². The van der Waals surface area contributed by atoms with Gasteiger partial charge in [-0.15, -0.1) is 0 Å². The number of hydrogen-bond donors (Lipinski definition) is 0. The van der Waals surface area contributed by atoms with Crippen molar-refractivity contribution in [2.45, 2.75) is 0 Å². The third kappa shape index (κ3) is 3.29. The Hall–Kier alpha value is -4.41. The smallest absolute Gasteiger partial charge is 0.0991 e. The molecule has 0 N–H and O–H groups in total. The number of benzene rings is 4. The van der Waals surface area contributed by atoms with Crippen LogP contribution in [0.2, 0.25) is 0 Å². The second-order valence-electron chi connectivity index (χ2n) is 7.44. The standard InChI is InChI=1S/C31H23N/c1-5-22-14-12-18-27(24(22)6-2)31-26(8-4)25(7-3)30(28-16-9-10-17-29(28)31)23-15-11-13-21(19-23)20-32/h5-19H,1-4H2. The maximum Gasteiger partial charge on any atom is 0.0991 e. The van der Waals surface area contributed by atoms with Gasteiger partial charge < -0.3 is 0 Å². The number of fused-ring (bicyclic) bond motifs is 1. The average molecular weight is 410 g/mol. The molecular weight excluding hydrogens is 386 g/mol. The number of rotatable bonds is 6. The van der Waals surface area contributed by atoms with Crippen molar-refractivity contribution in [2.24, 2.45) is 0 Å². The van der Waals surface area contributed by atoms with Gasteiger partial charge in [0.05, 0.1) is 11.6 Å². The van der Waals surface area contributed by atoms with E-state index >= 15 is 0 Å². The normalized spacial score (nSPS) is 10.3. The van der Waals surface area contributed by atoms with Gasteiger partial charge in [-0.25, -0.2) is 0 Å². The maximum atomic E-state index is 9.45. The third-order valence-corrected chi connectivity index (χ3v) is 5.82. The van der Waals surface area contributed by atoms with Gasteiger partial charge in [-0.2, -0.15) is 5.26 Å². The summed E-state index contributed by atoms with van der Waals surface area (Å²) >= 11 is 0. The quantitative estimate of drug-likeness (QED) is 0.313. The number of nitrogens with zero attached hydrogens (tertiary/aromatic N) is 1. The summed E-state index contributed by atoms with van der Waals surface area (Å²) in [5.41, 5.74) is 8.86. The summed E-state index contributed by atoms with van der Waals surface area (Å²) in [4.78, 5) is 0. The van der Waals surface area contributed by atoms with Crippen LogP contribution in [-0.2, 0) is 0 Å². The molecule has 4 rings (SSSR count). The van der Waals surface area contributed by atoms with E-state index < -0.39 is 0 Å². The Morgan fingerprint density at radius 3 is 1.88 bits per heavy atom. The summed E-state index contributed by atoms with van der Waals surface area (Å²) in [6.45, 7) is 16.3. The monoisotopic (exact) mass is 409 g/mol. The molecule has 1 nitrogen and oxygen atoms in total. The molecule has 0 saturated heterocycles. The van der Waals surface area contributed by atoms with Crippen LogP contribution in [0.1, 0.15) is 27.8 Å². The van der Waals surface area contributed by atoms with Crippen LogP contribution in [0.15, 0.2) is 93.0 Å². The maximum absolute atomic E-state index is 9.45. The highest BCUT2D eigenvalue weighted by Crippen LogP contribution is 2.44. The van der Waals surface area contributed by atoms with Gasteiger partial charge in [0.15, 0.2) is 0 Å². The van der Waals surface area contributed by atoms with Gasteiger partial charge >= 0.3 is 0 Å². The summed E-state index contributed by atoms with van der Waals surface area (Å²) in [7, 11) is 0. The molecule has 0 aliphatic rings.